The number of hydrogen-bond acceptors (Lipinski definition) is 3. The fourth-order valence-corrected chi connectivity index (χ4v) is 3.40. The zero-order valence-electron chi connectivity index (χ0n) is 13.7. The van der Waals surface area contributed by atoms with E-state index in [0.29, 0.717) is 12.5 Å². The summed E-state index contributed by atoms with van der Waals surface area (Å²) in [5.41, 5.74) is 0.958. The number of rotatable bonds is 5. The summed E-state index contributed by atoms with van der Waals surface area (Å²) in [5.74, 6) is 0.238. The van der Waals surface area contributed by atoms with Gasteiger partial charge in [0.15, 0.2) is 0 Å². The Labute approximate surface area is 137 Å². The van der Waals surface area contributed by atoms with Crippen LogP contribution in [0.4, 0.5) is 4.39 Å². The molecule has 0 saturated carbocycles. The predicted octanol–water partition coefficient (Wildman–Crippen LogP) is 1.94. The van der Waals surface area contributed by atoms with Gasteiger partial charge in [-0.3, -0.25) is 9.69 Å². The number of carbonyl (C=O) groups excluding carboxylic acids is 1. The van der Waals surface area contributed by atoms with Gasteiger partial charge in [0.25, 0.3) is 0 Å². The molecule has 0 N–H and O–H groups in total. The standard InChI is InChI=1S/C18H25FN2O2/c1-14(9-15-3-2-4-16(19)11-15)10-18(22)21-12-17(13-21)20-5-7-23-8-6-20/h2-4,11,14,17H,5-10,12-13H2,1H3. The van der Waals surface area contributed by atoms with E-state index in [2.05, 4.69) is 11.8 Å². The number of ether oxygens (including phenoxy) is 1. The second-order valence-corrected chi connectivity index (χ2v) is 6.74. The van der Waals surface area contributed by atoms with Crippen LogP contribution < -0.4 is 0 Å². The molecule has 1 amide bonds. The van der Waals surface area contributed by atoms with Crippen molar-refractivity contribution in [2.75, 3.05) is 39.4 Å². The zero-order chi connectivity index (χ0) is 16.2. The van der Waals surface area contributed by atoms with Gasteiger partial charge in [-0.1, -0.05) is 19.1 Å². The van der Waals surface area contributed by atoms with Crippen LogP contribution in [0.2, 0.25) is 0 Å². The van der Waals surface area contributed by atoms with Gasteiger partial charge >= 0.3 is 0 Å². The van der Waals surface area contributed by atoms with E-state index in [0.717, 1.165) is 51.4 Å². The van der Waals surface area contributed by atoms with Crippen molar-refractivity contribution in [2.45, 2.75) is 25.8 Å². The molecule has 0 aromatic heterocycles. The van der Waals surface area contributed by atoms with E-state index in [9.17, 15) is 9.18 Å². The lowest BCUT2D eigenvalue weighted by atomic mass is 9.96. The fourth-order valence-electron chi connectivity index (χ4n) is 3.40. The highest BCUT2D eigenvalue weighted by Gasteiger charge is 2.35. The number of benzene rings is 1. The smallest absolute Gasteiger partial charge is 0.222 e. The Bertz CT molecular complexity index is 540. The van der Waals surface area contributed by atoms with Crippen LogP contribution in [-0.4, -0.2) is 61.1 Å². The van der Waals surface area contributed by atoms with Gasteiger partial charge in [0.1, 0.15) is 5.82 Å². The van der Waals surface area contributed by atoms with Crippen LogP contribution in [0.3, 0.4) is 0 Å². The van der Waals surface area contributed by atoms with Gasteiger partial charge in [0.2, 0.25) is 5.91 Å². The number of halogens is 1. The lowest BCUT2D eigenvalue weighted by molar-refractivity contribution is -0.140. The first kappa shape index (κ1) is 16.4. The van der Waals surface area contributed by atoms with Gasteiger partial charge < -0.3 is 9.64 Å². The van der Waals surface area contributed by atoms with Gasteiger partial charge in [-0.05, 0) is 30.0 Å². The third-order valence-electron chi connectivity index (χ3n) is 4.77. The molecule has 1 atom stereocenters. The molecule has 1 aromatic rings. The molecule has 126 valence electrons. The van der Waals surface area contributed by atoms with Gasteiger partial charge in [-0.2, -0.15) is 0 Å². The van der Waals surface area contributed by atoms with Crippen LogP contribution in [0, 0.1) is 11.7 Å². The monoisotopic (exact) mass is 320 g/mol. The molecular weight excluding hydrogens is 295 g/mol. The van der Waals surface area contributed by atoms with Crippen molar-refractivity contribution in [3.63, 3.8) is 0 Å². The van der Waals surface area contributed by atoms with Crippen LogP contribution in [0.25, 0.3) is 0 Å². The van der Waals surface area contributed by atoms with Gasteiger partial charge in [0, 0.05) is 38.6 Å². The minimum atomic E-state index is -0.211. The highest BCUT2D eigenvalue weighted by Crippen LogP contribution is 2.20. The molecule has 3 rings (SSSR count). The summed E-state index contributed by atoms with van der Waals surface area (Å²) in [6, 6.07) is 7.15. The lowest BCUT2D eigenvalue weighted by Gasteiger charge is -2.46. The van der Waals surface area contributed by atoms with Crippen molar-refractivity contribution < 1.29 is 13.9 Å². The first-order valence-corrected chi connectivity index (χ1v) is 8.46. The van der Waals surface area contributed by atoms with Crippen LogP contribution in [-0.2, 0) is 16.0 Å². The Morgan fingerprint density at radius 2 is 2.09 bits per heavy atom. The van der Waals surface area contributed by atoms with E-state index in [1.807, 2.05) is 11.0 Å². The summed E-state index contributed by atoms with van der Waals surface area (Å²) in [7, 11) is 0. The minimum Gasteiger partial charge on any atom is -0.379 e. The van der Waals surface area contributed by atoms with Gasteiger partial charge in [-0.15, -0.1) is 0 Å². The van der Waals surface area contributed by atoms with Crippen molar-refractivity contribution in [3.8, 4) is 0 Å². The molecule has 4 nitrogen and oxygen atoms in total. The molecule has 1 unspecified atom stereocenters. The molecule has 0 bridgehead atoms. The SMILES string of the molecule is CC(CC(=O)N1CC(N2CCOCC2)C1)Cc1cccc(F)c1. The van der Waals surface area contributed by atoms with Crippen molar-refractivity contribution in [1.82, 2.24) is 9.80 Å². The molecule has 2 heterocycles. The minimum absolute atomic E-state index is 0.211. The van der Waals surface area contributed by atoms with E-state index in [1.165, 1.54) is 6.07 Å². The number of hydrogen-bond donors (Lipinski definition) is 0. The van der Waals surface area contributed by atoms with Crippen LogP contribution >= 0.6 is 0 Å². The maximum atomic E-state index is 13.2. The largest absolute Gasteiger partial charge is 0.379 e. The quantitative estimate of drug-likeness (QED) is 0.831. The summed E-state index contributed by atoms with van der Waals surface area (Å²) in [6.45, 7) is 7.29. The lowest BCUT2D eigenvalue weighted by Crippen LogP contribution is -2.62. The van der Waals surface area contributed by atoms with Crippen molar-refractivity contribution >= 4 is 5.91 Å². The molecule has 5 heteroatoms. The molecule has 1 aromatic carbocycles. The topological polar surface area (TPSA) is 32.8 Å². The molecule has 0 spiro atoms. The third kappa shape index (κ3) is 4.30. The number of carbonyl (C=O) groups is 1. The first-order valence-electron chi connectivity index (χ1n) is 8.46. The normalized spacial score (nSPS) is 21.0. The maximum Gasteiger partial charge on any atom is 0.222 e. The zero-order valence-corrected chi connectivity index (χ0v) is 13.7. The Balaban J connectivity index is 1.41. The summed E-state index contributed by atoms with van der Waals surface area (Å²) in [6.07, 6.45) is 1.27. The third-order valence-corrected chi connectivity index (χ3v) is 4.77. The molecule has 2 aliphatic heterocycles. The van der Waals surface area contributed by atoms with Crippen molar-refractivity contribution in [1.29, 1.82) is 0 Å². The summed E-state index contributed by atoms with van der Waals surface area (Å²) in [4.78, 5) is 16.7. The van der Waals surface area contributed by atoms with E-state index >= 15 is 0 Å². The number of likely N-dealkylation sites (tertiary alicyclic amines) is 1. The Morgan fingerprint density at radius 1 is 1.35 bits per heavy atom. The average molecular weight is 320 g/mol. The molecular formula is C18H25FN2O2. The van der Waals surface area contributed by atoms with E-state index in [4.69, 9.17) is 4.74 Å². The van der Waals surface area contributed by atoms with Crippen molar-refractivity contribution in [2.24, 2.45) is 5.92 Å². The predicted molar refractivity (Wildman–Crippen MR) is 86.6 cm³/mol. The highest BCUT2D eigenvalue weighted by atomic mass is 19.1. The maximum absolute atomic E-state index is 13.2. The fraction of sp³-hybridized carbons (Fsp3) is 0.611. The summed E-state index contributed by atoms with van der Waals surface area (Å²) < 4.78 is 18.6. The van der Waals surface area contributed by atoms with Gasteiger partial charge in [0.05, 0.1) is 13.2 Å². The first-order chi connectivity index (χ1) is 11.1. The Kier molecular flexibility index (Phi) is 5.28. The molecule has 2 fully saturated rings. The summed E-state index contributed by atoms with van der Waals surface area (Å²) in [5, 5.41) is 0. The molecule has 2 saturated heterocycles. The Hall–Kier alpha value is -1.46. The number of amides is 1. The van der Waals surface area contributed by atoms with Crippen LogP contribution in [0.15, 0.2) is 24.3 Å². The van der Waals surface area contributed by atoms with E-state index in [-0.39, 0.29) is 17.6 Å². The van der Waals surface area contributed by atoms with E-state index in [1.54, 1.807) is 12.1 Å². The second-order valence-electron chi connectivity index (χ2n) is 6.74. The molecule has 0 aliphatic carbocycles. The van der Waals surface area contributed by atoms with E-state index < -0.39 is 0 Å². The summed E-state index contributed by atoms with van der Waals surface area (Å²) >= 11 is 0. The Morgan fingerprint density at radius 3 is 2.78 bits per heavy atom. The number of nitrogens with zero attached hydrogens (tertiary/aromatic N) is 2. The van der Waals surface area contributed by atoms with Gasteiger partial charge in [-0.25, -0.2) is 4.39 Å². The molecule has 23 heavy (non-hydrogen) atoms. The second kappa shape index (κ2) is 7.41. The molecule has 0 radical (unpaired) electrons. The average Bonchev–Trinajstić information content (AvgIpc) is 2.46. The van der Waals surface area contributed by atoms with Crippen molar-refractivity contribution in [3.05, 3.63) is 35.6 Å². The number of morpholine rings is 1. The molecule has 2 aliphatic rings. The van der Waals surface area contributed by atoms with Crippen LogP contribution in [0.5, 0.6) is 0 Å². The van der Waals surface area contributed by atoms with Crippen LogP contribution in [0.1, 0.15) is 18.9 Å². The highest BCUT2D eigenvalue weighted by molar-refractivity contribution is 5.77.